The number of aromatic amines is 1. The maximum Gasteiger partial charge on any atom is 0.417 e. The lowest BCUT2D eigenvalue weighted by atomic mass is 10.2. The first-order valence-corrected chi connectivity index (χ1v) is 8.13. The smallest absolute Gasteiger partial charge is 0.408 e. The van der Waals surface area contributed by atoms with E-state index in [2.05, 4.69) is 9.71 Å². The molecule has 0 amide bonds. The molecule has 6 nitrogen and oxygen atoms in total. The van der Waals surface area contributed by atoms with Crippen molar-refractivity contribution in [1.82, 2.24) is 4.98 Å². The summed E-state index contributed by atoms with van der Waals surface area (Å²) in [6.07, 6.45) is 0. The Morgan fingerprint density at radius 2 is 1.95 bits per heavy atom. The lowest BCUT2D eigenvalue weighted by molar-refractivity contribution is 0.555. The Hall–Kier alpha value is -2.25. The van der Waals surface area contributed by atoms with Gasteiger partial charge in [0.05, 0.1) is 16.1 Å². The number of aromatic nitrogens is 1. The molecule has 0 atom stereocenters. The quantitative estimate of drug-likeness (QED) is 0.768. The summed E-state index contributed by atoms with van der Waals surface area (Å²) in [6, 6.07) is 9.05. The number of benzene rings is 2. The zero-order valence-electron chi connectivity index (χ0n) is 11.4. The van der Waals surface area contributed by atoms with Crippen LogP contribution in [0.25, 0.3) is 11.1 Å². The third-order valence-corrected chi connectivity index (χ3v) is 4.74. The maximum absolute atomic E-state index is 12.4. The molecule has 8 heteroatoms. The van der Waals surface area contributed by atoms with Crippen LogP contribution in [0.4, 0.5) is 5.69 Å². The second-order valence-electron chi connectivity index (χ2n) is 4.74. The highest BCUT2D eigenvalue weighted by Crippen LogP contribution is 2.24. The van der Waals surface area contributed by atoms with Crippen LogP contribution < -0.4 is 10.5 Å². The van der Waals surface area contributed by atoms with Crippen LogP contribution in [-0.4, -0.2) is 13.4 Å². The fourth-order valence-corrected chi connectivity index (χ4v) is 3.33. The molecule has 0 bridgehead atoms. The minimum atomic E-state index is -3.81. The van der Waals surface area contributed by atoms with Crippen molar-refractivity contribution >= 4 is 38.4 Å². The second-order valence-corrected chi connectivity index (χ2v) is 6.86. The molecule has 0 unspecified atom stereocenters. The number of sulfonamides is 1. The number of anilines is 1. The van der Waals surface area contributed by atoms with Crippen molar-refractivity contribution in [3.63, 3.8) is 0 Å². The van der Waals surface area contributed by atoms with Gasteiger partial charge in [-0.3, -0.25) is 9.71 Å². The van der Waals surface area contributed by atoms with E-state index < -0.39 is 15.8 Å². The van der Waals surface area contributed by atoms with Gasteiger partial charge in [-0.2, -0.15) is 0 Å². The summed E-state index contributed by atoms with van der Waals surface area (Å²) in [7, 11) is -3.81. The Morgan fingerprint density at radius 3 is 2.73 bits per heavy atom. The molecule has 2 N–H and O–H groups in total. The zero-order valence-corrected chi connectivity index (χ0v) is 13.0. The Morgan fingerprint density at radius 1 is 1.18 bits per heavy atom. The molecule has 114 valence electrons. The number of aryl methyl sites for hydroxylation is 1. The standard InChI is InChI=1S/C14H11ClN2O4S/c1-8-2-3-9(15)6-11(8)17-22(19,20)10-4-5-13-12(7-10)16-14(18)21-13/h2-7,17H,1H3,(H,16,18). The third kappa shape index (κ3) is 2.72. The maximum atomic E-state index is 12.4. The Balaban J connectivity index is 2.03. The van der Waals surface area contributed by atoms with Gasteiger partial charge in [0.15, 0.2) is 5.58 Å². The number of halogens is 1. The summed E-state index contributed by atoms with van der Waals surface area (Å²) in [5.41, 5.74) is 1.75. The van der Waals surface area contributed by atoms with Crippen molar-refractivity contribution in [2.75, 3.05) is 4.72 Å². The highest BCUT2D eigenvalue weighted by atomic mass is 35.5. The zero-order chi connectivity index (χ0) is 15.9. The first kappa shape index (κ1) is 14.7. The molecular formula is C14H11ClN2O4S. The van der Waals surface area contributed by atoms with E-state index in [-0.39, 0.29) is 4.90 Å². The van der Waals surface area contributed by atoms with Crippen molar-refractivity contribution < 1.29 is 12.8 Å². The topological polar surface area (TPSA) is 92.2 Å². The van der Waals surface area contributed by atoms with Crippen LogP contribution in [0.5, 0.6) is 0 Å². The van der Waals surface area contributed by atoms with Crippen molar-refractivity contribution in [2.24, 2.45) is 0 Å². The average molecular weight is 339 g/mol. The highest BCUT2D eigenvalue weighted by Gasteiger charge is 2.17. The van der Waals surface area contributed by atoms with Crippen molar-refractivity contribution in [3.8, 4) is 0 Å². The molecule has 3 rings (SSSR count). The van der Waals surface area contributed by atoms with Crippen LogP contribution in [0.1, 0.15) is 5.56 Å². The van der Waals surface area contributed by atoms with Crippen LogP contribution in [0.15, 0.2) is 50.5 Å². The molecule has 0 saturated heterocycles. The van der Waals surface area contributed by atoms with Gasteiger partial charge in [-0.1, -0.05) is 17.7 Å². The molecule has 0 aliphatic carbocycles. The van der Waals surface area contributed by atoms with Crippen LogP contribution in [-0.2, 0) is 10.0 Å². The predicted octanol–water partition coefficient (Wildman–Crippen LogP) is 2.88. The molecule has 3 aromatic rings. The molecule has 0 saturated carbocycles. The van der Waals surface area contributed by atoms with Gasteiger partial charge in [0, 0.05) is 5.02 Å². The van der Waals surface area contributed by atoms with E-state index in [9.17, 15) is 13.2 Å². The number of H-pyrrole nitrogens is 1. The summed E-state index contributed by atoms with van der Waals surface area (Å²) in [4.78, 5) is 13.6. The van der Waals surface area contributed by atoms with E-state index >= 15 is 0 Å². The van der Waals surface area contributed by atoms with E-state index in [4.69, 9.17) is 16.0 Å². The van der Waals surface area contributed by atoms with E-state index in [1.807, 2.05) is 0 Å². The normalized spacial score (nSPS) is 11.7. The van der Waals surface area contributed by atoms with E-state index in [1.54, 1.807) is 19.1 Å². The van der Waals surface area contributed by atoms with Gasteiger partial charge in [-0.15, -0.1) is 0 Å². The molecule has 0 aliphatic rings. The minimum Gasteiger partial charge on any atom is -0.408 e. The predicted molar refractivity (Wildman–Crippen MR) is 83.8 cm³/mol. The van der Waals surface area contributed by atoms with Gasteiger partial charge in [-0.05, 0) is 42.8 Å². The monoisotopic (exact) mass is 338 g/mol. The molecule has 0 aliphatic heterocycles. The summed E-state index contributed by atoms with van der Waals surface area (Å²) in [5.74, 6) is -0.636. The number of oxazole rings is 1. The van der Waals surface area contributed by atoms with Gasteiger partial charge in [0.2, 0.25) is 0 Å². The van der Waals surface area contributed by atoms with Crippen LogP contribution in [0.3, 0.4) is 0 Å². The summed E-state index contributed by atoms with van der Waals surface area (Å²) < 4.78 is 32.2. The molecule has 1 heterocycles. The molecular weight excluding hydrogens is 328 g/mol. The van der Waals surface area contributed by atoms with Crippen molar-refractivity contribution in [3.05, 3.63) is 57.5 Å². The third-order valence-electron chi connectivity index (χ3n) is 3.14. The second kappa shape index (κ2) is 5.19. The molecule has 0 radical (unpaired) electrons. The number of fused-ring (bicyclic) bond motifs is 1. The summed E-state index contributed by atoms with van der Waals surface area (Å²) in [6.45, 7) is 1.77. The van der Waals surface area contributed by atoms with Gasteiger partial charge in [0.25, 0.3) is 10.0 Å². The first-order chi connectivity index (χ1) is 10.3. The first-order valence-electron chi connectivity index (χ1n) is 6.27. The Kier molecular flexibility index (Phi) is 3.46. The number of rotatable bonds is 3. The molecule has 22 heavy (non-hydrogen) atoms. The van der Waals surface area contributed by atoms with Crippen LogP contribution >= 0.6 is 11.6 Å². The molecule has 0 spiro atoms. The number of hydrogen-bond donors (Lipinski definition) is 2. The van der Waals surface area contributed by atoms with Crippen molar-refractivity contribution in [1.29, 1.82) is 0 Å². The van der Waals surface area contributed by atoms with Gasteiger partial charge >= 0.3 is 5.76 Å². The lowest BCUT2D eigenvalue weighted by Crippen LogP contribution is -2.13. The summed E-state index contributed by atoms with van der Waals surface area (Å²) in [5, 5.41) is 0.429. The molecule has 2 aromatic carbocycles. The van der Waals surface area contributed by atoms with E-state index in [1.165, 1.54) is 24.3 Å². The molecule has 1 aromatic heterocycles. The number of hydrogen-bond acceptors (Lipinski definition) is 4. The fourth-order valence-electron chi connectivity index (χ4n) is 2.01. The minimum absolute atomic E-state index is 0.0106. The Labute approximate surface area is 130 Å². The summed E-state index contributed by atoms with van der Waals surface area (Å²) >= 11 is 5.89. The van der Waals surface area contributed by atoms with Gasteiger partial charge in [0.1, 0.15) is 0 Å². The van der Waals surface area contributed by atoms with E-state index in [0.29, 0.717) is 21.8 Å². The van der Waals surface area contributed by atoms with E-state index in [0.717, 1.165) is 5.56 Å². The SMILES string of the molecule is Cc1ccc(Cl)cc1NS(=O)(=O)c1ccc2oc(=O)[nH]c2c1. The number of nitrogens with one attached hydrogen (secondary N) is 2. The lowest BCUT2D eigenvalue weighted by Gasteiger charge is -2.10. The average Bonchev–Trinajstić information content (AvgIpc) is 2.81. The fraction of sp³-hybridized carbons (Fsp3) is 0.0714. The van der Waals surface area contributed by atoms with Gasteiger partial charge in [-0.25, -0.2) is 13.2 Å². The van der Waals surface area contributed by atoms with Gasteiger partial charge < -0.3 is 4.42 Å². The van der Waals surface area contributed by atoms with Crippen molar-refractivity contribution in [2.45, 2.75) is 11.8 Å². The Bertz CT molecular complexity index is 1020. The highest BCUT2D eigenvalue weighted by molar-refractivity contribution is 7.92. The van der Waals surface area contributed by atoms with Crippen LogP contribution in [0.2, 0.25) is 5.02 Å². The largest absolute Gasteiger partial charge is 0.417 e. The molecule has 0 fully saturated rings. The van der Waals surface area contributed by atoms with Crippen LogP contribution in [0, 0.1) is 6.92 Å².